The largest absolute Gasteiger partial charge is 0.508 e. The second kappa shape index (κ2) is 11.6. The molecule has 3 N–H and O–H groups in total. The highest BCUT2D eigenvalue weighted by Gasteiger charge is 2.02. The SMILES string of the molecule is CCNC(=NCc1ccc(O)cc1)NCCc1ccccc1OC.I. The fourth-order valence-corrected chi connectivity index (χ4v) is 2.34. The van der Waals surface area contributed by atoms with E-state index in [1.165, 1.54) is 5.56 Å². The van der Waals surface area contributed by atoms with Crippen LogP contribution in [0.5, 0.6) is 11.5 Å². The van der Waals surface area contributed by atoms with E-state index in [0.29, 0.717) is 6.54 Å². The molecule has 0 aliphatic heterocycles. The van der Waals surface area contributed by atoms with Crippen molar-refractivity contribution >= 4 is 29.9 Å². The first kappa shape index (κ1) is 21.1. The van der Waals surface area contributed by atoms with E-state index in [1.807, 2.05) is 37.3 Å². The molecule has 0 radical (unpaired) electrons. The van der Waals surface area contributed by atoms with Crippen LogP contribution in [0.25, 0.3) is 0 Å². The molecule has 0 fully saturated rings. The van der Waals surface area contributed by atoms with Crippen LogP contribution in [-0.2, 0) is 13.0 Å². The molecule has 0 aliphatic carbocycles. The van der Waals surface area contributed by atoms with E-state index in [1.54, 1.807) is 19.2 Å². The summed E-state index contributed by atoms with van der Waals surface area (Å²) in [7, 11) is 1.69. The van der Waals surface area contributed by atoms with Gasteiger partial charge in [0.25, 0.3) is 0 Å². The standard InChI is InChI=1S/C19H25N3O2.HI/c1-3-20-19(22-14-15-8-10-17(23)11-9-15)21-13-12-16-6-4-5-7-18(16)24-2;/h4-11,23H,3,12-14H2,1-2H3,(H2,20,21,22);1H. The molecule has 0 spiro atoms. The number of para-hydroxylation sites is 1. The van der Waals surface area contributed by atoms with Crippen molar-refractivity contribution in [2.75, 3.05) is 20.2 Å². The molecule has 0 bridgehead atoms. The van der Waals surface area contributed by atoms with Crippen molar-refractivity contribution < 1.29 is 9.84 Å². The van der Waals surface area contributed by atoms with Gasteiger partial charge >= 0.3 is 0 Å². The van der Waals surface area contributed by atoms with Crippen LogP contribution in [0.2, 0.25) is 0 Å². The van der Waals surface area contributed by atoms with Gasteiger partial charge in [0.1, 0.15) is 11.5 Å². The zero-order valence-corrected chi connectivity index (χ0v) is 17.0. The summed E-state index contributed by atoms with van der Waals surface area (Å²) in [5, 5.41) is 15.9. The fraction of sp³-hybridized carbons (Fsp3) is 0.316. The Bertz CT molecular complexity index is 660. The summed E-state index contributed by atoms with van der Waals surface area (Å²) in [6.07, 6.45) is 0.855. The molecule has 0 aliphatic rings. The van der Waals surface area contributed by atoms with Crippen LogP contribution in [-0.4, -0.2) is 31.3 Å². The number of phenolic OH excluding ortho intramolecular Hbond substituents is 1. The van der Waals surface area contributed by atoms with E-state index in [2.05, 4.69) is 21.7 Å². The minimum Gasteiger partial charge on any atom is -0.508 e. The minimum absolute atomic E-state index is 0. The summed E-state index contributed by atoms with van der Waals surface area (Å²) in [5.74, 6) is 1.95. The number of aromatic hydroxyl groups is 1. The maximum atomic E-state index is 9.31. The number of nitrogens with zero attached hydrogens (tertiary/aromatic N) is 1. The highest BCUT2D eigenvalue weighted by molar-refractivity contribution is 14.0. The highest BCUT2D eigenvalue weighted by Crippen LogP contribution is 2.17. The van der Waals surface area contributed by atoms with Crippen molar-refractivity contribution in [1.82, 2.24) is 10.6 Å². The van der Waals surface area contributed by atoms with Gasteiger partial charge in [-0.2, -0.15) is 0 Å². The lowest BCUT2D eigenvalue weighted by atomic mass is 10.1. The Morgan fingerprint density at radius 2 is 1.80 bits per heavy atom. The van der Waals surface area contributed by atoms with E-state index >= 15 is 0 Å². The number of halogens is 1. The summed E-state index contributed by atoms with van der Waals surface area (Å²) in [6, 6.07) is 15.1. The first-order valence-corrected chi connectivity index (χ1v) is 8.15. The van der Waals surface area contributed by atoms with Crippen LogP contribution in [0.3, 0.4) is 0 Å². The molecule has 136 valence electrons. The highest BCUT2D eigenvalue weighted by atomic mass is 127. The van der Waals surface area contributed by atoms with E-state index < -0.39 is 0 Å². The van der Waals surface area contributed by atoms with E-state index in [-0.39, 0.29) is 29.7 Å². The van der Waals surface area contributed by atoms with Crippen LogP contribution in [0, 0.1) is 0 Å². The second-order valence-corrected chi connectivity index (χ2v) is 5.35. The topological polar surface area (TPSA) is 65.9 Å². The number of aliphatic imine (C=N–C) groups is 1. The summed E-state index contributed by atoms with van der Waals surface area (Å²) < 4.78 is 5.37. The molecule has 2 aromatic carbocycles. The fourth-order valence-electron chi connectivity index (χ4n) is 2.34. The van der Waals surface area contributed by atoms with Gasteiger partial charge in [-0.05, 0) is 42.7 Å². The lowest BCUT2D eigenvalue weighted by molar-refractivity contribution is 0.409. The molecular weight excluding hydrogens is 429 g/mol. The quantitative estimate of drug-likeness (QED) is 0.341. The number of hydrogen-bond donors (Lipinski definition) is 3. The first-order chi connectivity index (χ1) is 11.7. The number of methoxy groups -OCH3 is 1. The Kier molecular flexibility index (Phi) is 9.76. The van der Waals surface area contributed by atoms with Crippen molar-refractivity contribution in [3.05, 3.63) is 59.7 Å². The number of nitrogens with one attached hydrogen (secondary N) is 2. The predicted octanol–water partition coefficient (Wildman–Crippen LogP) is 3.32. The third kappa shape index (κ3) is 7.21. The molecule has 0 saturated carbocycles. The van der Waals surface area contributed by atoms with Gasteiger partial charge in [0.15, 0.2) is 5.96 Å². The molecule has 0 saturated heterocycles. The van der Waals surface area contributed by atoms with Gasteiger partial charge in [0.05, 0.1) is 13.7 Å². The Morgan fingerprint density at radius 3 is 2.48 bits per heavy atom. The Balaban J connectivity index is 0.00000312. The predicted molar refractivity (Wildman–Crippen MR) is 113 cm³/mol. The number of phenols is 1. The molecule has 0 aromatic heterocycles. The second-order valence-electron chi connectivity index (χ2n) is 5.35. The van der Waals surface area contributed by atoms with Crippen LogP contribution >= 0.6 is 24.0 Å². The molecule has 6 heteroatoms. The molecule has 0 unspecified atom stereocenters. The normalized spacial score (nSPS) is 10.7. The number of ether oxygens (including phenoxy) is 1. The molecule has 0 heterocycles. The molecule has 0 amide bonds. The zero-order chi connectivity index (χ0) is 17.2. The number of rotatable bonds is 7. The lowest BCUT2D eigenvalue weighted by Crippen LogP contribution is -2.38. The van der Waals surface area contributed by atoms with Gasteiger partial charge in [-0.25, -0.2) is 4.99 Å². The molecule has 0 atom stereocenters. The molecule has 2 aromatic rings. The van der Waals surface area contributed by atoms with Crippen molar-refractivity contribution in [3.8, 4) is 11.5 Å². The lowest BCUT2D eigenvalue weighted by Gasteiger charge is -2.12. The van der Waals surface area contributed by atoms with E-state index in [9.17, 15) is 5.11 Å². The summed E-state index contributed by atoms with van der Waals surface area (Å²) in [5.41, 5.74) is 2.22. The van der Waals surface area contributed by atoms with Crippen LogP contribution in [0.4, 0.5) is 0 Å². The van der Waals surface area contributed by atoms with Crippen LogP contribution in [0.15, 0.2) is 53.5 Å². The molecule has 25 heavy (non-hydrogen) atoms. The van der Waals surface area contributed by atoms with Gasteiger partial charge in [0, 0.05) is 13.1 Å². The Hall–Kier alpha value is -1.96. The van der Waals surface area contributed by atoms with E-state index in [4.69, 9.17) is 4.74 Å². The van der Waals surface area contributed by atoms with Gasteiger partial charge in [-0.3, -0.25) is 0 Å². The molecule has 2 rings (SSSR count). The minimum atomic E-state index is 0. The average molecular weight is 455 g/mol. The number of guanidine groups is 1. The first-order valence-electron chi connectivity index (χ1n) is 8.15. The molecule has 5 nitrogen and oxygen atoms in total. The third-order valence-corrected chi connectivity index (χ3v) is 3.58. The van der Waals surface area contributed by atoms with Crippen molar-refractivity contribution in [1.29, 1.82) is 0 Å². The maximum absolute atomic E-state index is 9.31. The van der Waals surface area contributed by atoms with Crippen molar-refractivity contribution in [3.63, 3.8) is 0 Å². The summed E-state index contributed by atoms with van der Waals surface area (Å²) in [4.78, 5) is 4.57. The van der Waals surface area contributed by atoms with Crippen molar-refractivity contribution in [2.24, 2.45) is 4.99 Å². The smallest absolute Gasteiger partial charge is 0.191 e. The van der Waals surface area contributed by atoms with Gasteiger partial charge in [0.2, 0.25) is 0 Å². The van der Waals surface area contributed by atoms with Crippen LogP contribution < -0.4 is 15.4 Å². The summed E-state index contributed by atoms with van der Waals surface area (Å²) in [6.45, 7) is 4.17. The van der Waals surface area contributed by atoms with Crippen LogP contribution in [0.1, 0.15) is 18.1 Å². The monoisotopic (exact) mass is 455 g/mol. The number of hydrogen-bond acceptors (Lipinski definition) is 3. The number of benzene rings is 2. The zero-order valence-electron chi connectivity index (χ0n) is 14.7. The summed E-state index contributed by atoms with van der Waals surface area (Å²) >= 11 is 0. The van der Waals surface area contributed by atoms with Gasteiger partial charge in [-0.1, -0.05) is 30.3 Å². The average Bonchev–Trinajstić information content (AvgIpc) is 2.61. The van der Waals surface area contributed by atoms with Gasteiger partial charge in [-0.15, -0.1) is 24.0 Å². The van der Waals surface area contributed by atoms with Crippen molar-refractivity contribution in [2.45, 2.75) is 19.9 Å². The van der Waals surface area contributed by atoms with Gasteiger partial charge < -0.3 is 20.5 Å². The Morgan fingerprint density at radius 1 is 1.08 bits per heavy atom. The van der Waals surface area contributed by atoms with E-state index in [0.717, 1.165) is 36.8 Å². The molecular formula is C19H26IN3O2. The maximum Gasteiger partial charge on any atom is 0.191 e. The Labute approximate surface area is 166 Å². The third-order valence-electron chi connectivity index (χ3n) is 3.58.